The van der Waals surface area contributed by atoms with Crippen LogP contribution in [0.4, 0.5) is 0 Å². The SMILES string of the molecule is Cc1ccc(C(O)C(=O)O)c(OC(C)C)c1C. The van der Waals surface area contributed by atoms with Gasteiger partial charge in [0, 0.05) is 5.56 Å². The van der Waals surface area contributed by atoms with Crippen LogP contribution in [0.3, 0.4) is 0 Å². The molecule has 0 spiro atoms. The molecule has 0 aliphatic heterocycles. The summed E-state index contributed by atoms with van der Waals surface area (Å²) < 4.78 is 5.60. The molecule has 94 valence electrons. The van der Waals surface area contributed by atoms with Gasteiger partial charge in [0.15, 0.2) is 6.10 Å². The fraction of sp³-hybridized carbons (Fsp3) is 0.462. The predicted octanol–water partition coefficient (Wildman–Crippen LogP) is 2.21. The fourth-order valence-electron chi connectivity index (χ4n) is 1.55. The Bertz CT molecular complexity index is 424. The molecule has 0 bridgehead atoms. The molecule has 0 aliphatic rings. The monoisotopic (exact) mass is 238 g/mol. The van der Waals surface area contributed by atoms with Crippen molar-refractivity contribution in [3.05, 3.63) is 28.8 Å². The Morgan fingerprint density at radius 1 is 1.29 bits per heavy atom. The molecule has 4 heteroatoms. The molecule has 0 aromatic heterocycles. The first-order valence-electron chi connectivity index (χ1n) is 5.52. The zero-order valence-electron chi connectivity index (χ0n) is 10.5. The quantitative estimate of drug-likeness (QED) is 0.844. The summed E-state index contributed by atoms with van der Waals surface area (Å²) >= 11 is 0. The highest BCUT2D eigenvalue weighted by Crippen LogP contribution is 2.32. The van der Waals surface area contributed by atoms with E-state index in [-0.39, 0.29) is 6.10 Å². The van der Waals surface area contributed by atoms with Crippen molar-refractivity contribution in [2.24, 2.45) is 0 Å². The fourth-order valence-corrected chi connectivity index (χ4v) is 1.55. The maximum absolute atomic E-state index is 10.8. The first kappa shape index (κ1) is 13.5. The molecule has 0 amide bonds. The summed E-state index contributed by atoms with van der Waals surface area (Å²) in [5.74, 6) is -0.809. The lowest BCUT2D eigenvalue weighted by molar-refractivity contribution is -0.147. The van der Waals surface area contributed by atoms with Crippen LogP contribution in [-0.2, 0) is 4.79 Å². The molecule has 0 fully saturated rings. The number of hydrogen-bond acceptors (Lipinski definition) is 3. The summed E-state index contributed by atoms with van der Waals surface area (Å²) in [6.45, 7) is 7.49. The minimum atomic E-state index is -1.55. The number of aliphatic hydroxyl groups is 1. The van der Waals surface area contributed by atoms with Crippen molar-refractivity contribution in [3.8, 4) is 5.75 Å². The molecule has 17 heavy (non-hydrogen) atoms. The standard InChI is InChI=1S/C13H18O4/c1-7(2)17-12-9(4)8(3)5-6-10(12)11(14)13(15)16/h5-7,11,14H,1-4H3,(H,15,16). The third kappa shape index (κ3) is 2.97. The molecule has 0 aliphatic carbocycles. The average Bonchev–Trinajstić information content (AvgIpc) is 2.23. The number of ether oxygens (including phenoxy) is 1. The minimum absolute atomic E-state index is 0.0738. The third-order valence-electron chi connectivity index (χ3n) is 2.59. The lowest BCUT2D eigenvalue weighted by Crippen LogP contribution is -2.15. The molecule has 0 radical (unpaired) electrons. The van der Waals surface area contributed by atoms with E-state index < -0.39 is 12.1 Å². The van der Waals surface area contributed by atoms with E-state index in [9.17, 15) is 9.90 Å². The number of carboxylic acid groups (broad SMARTS) is 1. The minimum Gasteiger partial charge on any atom is -0.490 e. The van der Waals surface area contributed by atoms with Gasteiger partial charge in [-0.3, -0.25) is 0 Å². The number of aliphatic hydroxyl groups excluding tert-OH is 1. The van der Waals surface area contributed by atoms with Crippen LogP contribution in [0.15, 0.2) is 12.1 Å². The number of carboxylic acids is 1. The van der Waals surface area contributed by atoms with Gasteiger partial charge >= 0.3 is 5.97 Å². The number of rotatable bonds is 4. The molecular weight excluding hydrogens is 220 g/mol. The van der Waals surface area contributed by atoms with Crippen molar-refractivity contribution < 1.29 is 19.7 Å². The number of carbonyl (C=O) groups is 1. The van der Waals surface area contributed by atoms with Crippen LogP contribution in [0.2, 0.25) is 0 Å². The maximum atomic E-state index is 10.8. The van der Waals surface area contributed by atoms with Gasteiger partial charge in [0.1, 0.15) is 5.75 Å². The lowest BCUT2D eigenvalue weighted by Gasteiger charge is -2.19. The first-order chi connectivity index (χ1) is 7.84. The molecular formula is C13H18O4. The summed E-state index contributed by atoms with van der Waals surface area (Å²) in [6, 6.07) is 3.38. The topological polar surface area (TPSA) is 66.8 Å². The number of benzene rings is 1. The Morgan fingerprint density at radius 2 is 1.88 bits per heavy atom. The Balaban J connectivity index is 3.29. The average molecular weight is 238 g/mol. The summed E-state index contributed by atoms with van der Waals surface area (Å²) in [5, 5.41) is 18.5. The smallest absolute Gasteiger partial charge is 0.337 e. The van der Waals surface area contributed by atoms with Crippen molar-refractivity contribution in [2.45, 2.75) is 39.9 Å². The highest BCUT2D eigenvalue weighted by Gasteiger charge is 2.22. The van der Waals surface area contributed by atoms with Crippen molar-refractivity contribution in [3.63, 3.8) is 0 Å². The van der Waals surface area contributed by atoms with Gasteiger partial charge in [-0.15, -0.1) is 0 Å². The molecule has 0 heterocycles. The largest absolute Gasteiger partial charge is 0.490 e. The summed E-state index contributed by atoms with van der Waals surface area (Å²) in [6.07, 6.45) is -1.63. The molecule has 2 N–H and O–H groups in total. The van der Waals surface area contributed by atoms with E-state index in [2.05, 4.69) is 0 Å². The Kier molecular flexibility index (Phi) is 4.12. The van der Waals surface area contributed by atoms with E-state index in [0.29, 0.717) is 11.3 Å². The lowest BCUT2D eigenvalue weighted by atomic mass is 10.0. The zero-order valence-corrected chi connectivity index (χ0v) is 10.5. The van der Waals surface area contributed by atoms with Gasteiger partial charge in [0.25, 0.3) is 0 Å². The molecule has 0 saturated carbocycles. The van der Waals surface area contributed by atoms with Gasteiger partial charge in [-0.1, -0.05) is 12.1 Å². The number of aryl methyl sites for hydroxylation is 1. The van der Waals surface area contributed by atoms with E-state index in [1.165, 1.54) is 0 Å². The van der Waals surface area contributed by atoms with Crippen LogP contribution in [0, 0.1) is 13.8 Å². The van der Waals surface area contributed by atoms with E-state index in [1.807, 2.05) is 27.7 Å². The Hall–Kier alpha value is -1.55. The second-order valence-electron chi connectivity index (χ2n) is 4.33. The van der Waals surface area contributed by atoms with Crippen LogP contribution in [0.25, 0.3) is 0 Å². The molecule has 1 aromatic rings. The van der Waals surface area contributed by atoms with E-state index in [4.69, 9.17) is 9.84 Å². The zero-order chi connectivity index (χ0) is 13.2. The van der Waals surface area contributed by atoms with Gasteiger partial charge in [0.2, 0.25) is 0 Å². The van der Waals surface area contributed by atoms with Gasteiger partial charge in [-0.25, -0.2) is 4.79 Å². The van der Waals surface area contributed by atoms with E-state index in [0.717, 1.165) is 11.1 Å². The van der Waals surface area contributed by atoms with Gasteiger partial charge in [0.05, 0.1) is 6.10 Å². The summed E-state index contributed by atoms with van der Waals surface area (Å²) in [5.41, 5.74) is 2.16. The van der Waals surface area contributed by atoms with Gasteiger partial charge in [-0.05, 0) is 38.8 Å². The molecule has 1 atom stereocenters. The van der Waals surface area contributed by atoms with Crippen LogP contribution in [-0.4, -0.2) is 22.3 Å². The van der Waals surface area contributed by atoms with E-state index in [1.54, 1.807) is 12.1 Å². The molecule has 1 aromatic carbocycles. The number of aliphatic carboxylic acids is 1. The van der Waals surface area contributed by atoms with Crippen molar-refractivity contribution in [2.75, 3.05) is 0 Å². The third-order valence-corrected chi connectivity index (χ3v) is 2.59. The van der Waals surface area contributed by atoms with Crippen molar-refractivity contribution in [1.29, 1.82) is 0 Å². The maximum Gasteiger partial charge on any atom is 0.337 e. The summed E-state index contributed by atoms with van der Waals surface area (Å²) in [4.78, 5) is 10.8. The first-order valence-corrected chi connectivity index (χ1v) is 5.52. The second kappa shape index (κ2) is 5.19. The number of hydrogen-bond donors (Lipinski definition) is 2. The molecule has 1 unspecified atom stereocenters. The van der Waals surface area contributed by atoms with Crippen LogP contribution >= 0.6 is 0 Å². The highest BCUT2D eigenvalue weighted by atomic mass is 16.5. The Morgan fingerprint density at radius 3 is 2.35 bits per heavy atom. The van der Waals surface area contributed by atoms with Crippen LogP contribution < -0.4 is 4.74 Å². The summed E-state index contributed by atoms with van der Waals surface area (Å²) in [7, 11) is 0. The van der Waals surface area contributed by atoms with Gasteiger partial charge in [-0.2, -0.15) is 0 Å². The molecule has 1 rings (SSSR count). The Labute approximate surface area is 101 Å². The predicted molar refractivity (Wildman–Crippen MR) is 64.3 cm³/mol. The van der Waals surface area contributed by atoms with Crippen LogP contribution in [0.5, 0.6) is 5.75 Å². The van der Waals surface area contributed by atoms with Gasteiger partial charge < -0.3 is 14.9 Å². The van der Waals surface area contributed by atoms with Crippen LogP contribution in [0.1, 0.15) is 36.6 Å². The van der Waals surface area contributed by atoms with Crippen molar-refractivity contribution in [1.82, 2.24) is 0 Å². The second-order valence-corrected chi connectivity index (χ2v) is 4.33. The van der Waals surface area contributed by atoms with E-state index >= 15 is 0 Å². The normalized spacial score (nSPS) is 12.6. The highest BCUT2D eigenvalue weighted by molar-refractivity contribution is 5.75. The molecule has 4 nitrogen and oxygen atoms in total. The van der Waals surface area contributed by atoms with Crippen molar-refractivity contribution >= 4 is 5.97 Å². The molecule has 0 saturated heterocycles.